The number of aryl methyl sites for hydroxylation is 1. The van der Waals surface area contributed by atoms with Crippen LogP contribution in [0.3, 0.4) is 0 Å². The molecule has 0 saturated carbocycles. The van der Waals surface area contributed by atoms with Crippen molar-refractivity contribution >= 4 is 27.3 Å². The number of phenolic OH excluding ortho intramolecular Hbond substituents is 1. The lowest BCUT2D eigenvalue weighted by Crippen LogP contribution is -2.13. The molecule has 0 spiro atoms. The summed E-state index contributed by atoms with van der Waals surface area (Å²) in [4.78, 5) is 0.0119. The second-order valence-corrected chi connectivity index (χ2v) is 6.29. The van der Waals surface area contributed by atoms with E-state index < -0.39 is 21.6 Å². The Hall–Kier alpha value is -1.79. The van der Waals surface area contributed by atoms with Crippen molar-refractivity contribution in [3.8, 4) is 5.75 Å². The maximum atomic E-state index is 13.3. The Morgan fingerprint density at radius 2 is 1.80 bits per heavy atom. The quantitative estimate of drug-likeness (QED) is 0.854. The summed E-state index contributed by atoms with van der Waals surface area (Å²) in [6.45, 7) is 1.82. The highest BCUT2D eigenvalue weighted by Gasteiger charge is 2.17. The van der Waals surface area contributed by atoms with Crippen molar-refractivity contribution in [1.82, 2.24) is 0 Å². The van der Waals surface area contributed by atoms with E-state index >= 15 is 0 Å². The second kappa shape index (κ2) is 5.30. The van der Waals surface area contributed by atoms with Gasteiger partial charge >= 0.3 is 0 Å². The van der Waals surface area contributed by atoms with Gasteiger partial charge in [-0.05, 0) is 19.1 Å². The third kappa shape index (κ3) is 3.02. The fourth-order valence-electron chi connectivity index (χ4n) is 1.54. The molecule has 7 heteroatoms. The second-order valence-electron chi connectivity index (χ2n) is 4.20. The summed E-state index contributed by atoms with van der Waals surface area (Å²) in [6, 6.07) is 7.86. The molecule has 0 aromatic heterocycles. The van der Waals surface area contributed by atoms with Crippen LogP contribution < -0.4 is 4.72 Å². The summed E-state index contributed by atoms with van der Waals surface area (Å²) in [6.07, 6.45) is 0. The Bertz CT molecular complexity index is 745. The Kier molecular flexibility index (Phi) is 3.87. The average molecular weight is 316 g/mol. The first-order valence-corrected chi connectivity index (χ1v) is 7.43. The number of sulfonamides is 1. The van der Waals surface area contributed by atoms with Crippen molar-refractivity contribution in [3.05, 3.63) is 52.8 Å². The molecule has 2 rings (SSSR count). The first-order chi connectivity index (χ1) is 9.29. The molecule has 0 amide bonds. The molecule has 0 heterocycles. The van der Waals surface area contributed by atoms with Gasteiger partial charge < -0.3 is 5.11 Å². The predicted molar refractivity (Wildman–Crippen MR) is 75.1 cm³/mol. The first kappa shape index (κ1) is 14.6. The van der Waals surface area contributed by atoms with Crippen LogP contribution in [0.25, 0.3) is 0 Å². The normalized spacial score (nSPS) is 11.3. The van der Waals surface area contributed by atoms with Crippen molar-refractivity contribution < 1.29 is 17.9 Å². The maximum absolute atomic E-state index is 13.3. The van der Waals surface area contributed by atoms with E-state index in [1.165, 1.54) is 12.1 Å². The van der Waals surface area contributed by atoms with Crippen molar-refractivity contribution in [2.75, 3.05) is 4.72 Å². The minimum Gasteiger partial charge on any atom is -0.506 e. The first-order valence-electron chi connectivity index (χ1n) is 5.57. The standard InChI is InChI=1S/C13H11ClFNO3S/c1-8-2-4-9(5-3-8)20(18,19)16-12-7-11(15)10(14)6-13(12)17/h2-7,16-17H,1H3. The summed E-state index contributed by atoms with van der Waals surface area (Å²) >= 11 is 5.48. The van der Waals surface area contributed by atoms with Crippen molar-refractivity contribution in [1.29, 1.82) is 0 Å². The Labute approximate surface area is 120 Å². The molecule has 106 valence electrons. The molecular formula is C13H11ClFNO3S. The zero-order valence-corrected chi connectivity index (χ0v) is 12.0. The number of nitrogens with one attached hydrogen (secondary N) is 1. The van der Waals surface area contributed by atoms with Crippen LogP contribution in [0.2, 0.25) is 5.02 Å². The van der Waals surface area contributed by atoms with Crippen LogP contribution >= 0.6 is 11.6 Å². The number of benzene rings is 2. The van der Waals surface area contributed by atoms with Gasteiger partial charge in [0, 0.05) is 12.1 Å². The van der Waals surface area contributed by atoms with Gasteiger partial charge in [-0.25, -0.2) is 12.8 Å². The Morgan fingerprint density at radius 1 is 1.20 bits per heavy atom. The SMILES string of the molecule is Cc1ccc(S(=O)(=O)Nc2cc(F)c(Cl)cc2O)cc1. The molecule has 0 saturated heterocycles. The molecular weight excluding hydrogens is 305 g/mol. The highest BCUT2D eigenvalue weighted by Crippen LogP contribution is 2.31. The van der Waals surface area contributed by atoms with Gasteiger partial charge in [0.15, 0.2) is 0 Å². The van der Waals surface area contributed by atoms with Gasteiger partial charge in [-0.2, -0.15) is 0 Å². The minimum absolute atomic E-state index is 0.0119. The summed E-state index contributed by atoms with van der Waals surface area (Å²) in [5.41, 5.74) is 0.636. The zero-order valence-electron chi connectivity index (χ0n) is 10.4. The third-order valence-corrected chi connectivity index (χ3v) is 4.29. The van der Waals surface area contributed by atoms with Crippen molar-refractivity contribution in [2.24, 2.45) is 0 Å². The number of rotatable bonds is 3. The monoisotopic (exact) mass is 315 g/mol. The lowest BCUT2D eigenvalue weighted by molar-refractivity contribution is 0.475. The van der Waals surface area contributed by atoms with Gasteiger partial charge in [-0.15, -0.1) is 0 Å². The van der Waals surface area contributed by atoms with Gasteiger partial charge in [0.05, 0.1) is 15.6 Å². The van der Waals surface area contributed by atoms with E-state index in [1.54, 1.807) is 12.1 Å². The number of phenols is 1. The molecule has 20 heavy (non-hydrogen) atoms. The summed E-state index contributed by atoms with van der Waals surface area (Å²) < 4.78 is 39.6. The van der Waals surface area contributed by atoms with Crippen LogP contribution in [0.5, 0.6) is 5.75 Å². The number of anilines is 1. The molecule has 2 N–H and O–H groups in total. The van der Waals surface area contributed by atoms with Crippen LogP contribution in [-0.2, 0) is 10.0 Å². The fraction of sp³-hybridized carbons (Fsp3) is 0.0769. The average Bonchev–Trinajstić information content (AvgIpc) is 2.36. The van der Waals surface area contributed by atoms with Gasteiger partial charge in [-0.1, -0.05) is 29.3 Å². The van der Waals surface area contributed by atoms with E-state index in [0.717, 1.165) is 17.7 Å². The van der Waals surface area contributed by atoms with Crippen LogP contribution in [0.1, 0.15) is 5.56 Å². The highest BCUT2D eigenvalue weighted by atomic mass is 35.5. The number of aromatic hydroxyl groups is 1. The maximum Gasteiger partial charge on any atom is 0.262 e. The summed E-state index contributed by atoms with van der Waals surface area (Å²) in [5, 5.41) is 9.30. The predicted octanol–water partition coefficient (Wildman–Crippen LogP) is 3.29. The lowest BCUT2D eigenvalue weighted by atomic mass is 10.2. The summed E-state index contributed by atoms with van der Waals surface area (Å²) in [7, 11) is -3.90. The van der Waals surface area contributed by atoms with E-state index in [9.17, 15) is 17.9 Å². The van der Waals surface area contributed by atoms with Crippen LogP contribution in [0.4, 0.5) is 10.1 Å². The van der Waals surface area contributed by atoms with E-state index in [0.29, 0.717) is 0 Å². The van der Waals surface area contributed by atoms with Crippen molar-refractivity contribution in [2.45, 2.75) is 11.8 Å². The third-order valence-electron chi connectivity index (χ3n) is 2.61. The van der Waals surface area contributed by atoms with Crippen molar-refractivity contribution in [3.63, 3.8) is 0 Å². The van der Waals surface area contributed by atoms with Gasteiger partial charge in [-0.3, -0.25) is 4.72 Å². The largest absolute Gasteiger partial charge is 0.506 e. The molecule has 0 aliphatic heterocycles. The minimum atomic E-state index is -3.90. The molecule has 2 aromatic rings. The fourth-order valence-corrected chi connectivity index (χ4v) is 2.76. The smallest absolute Gasteiger partial charge is 0.262 e. The van der Waals surface area contributed by atoms with Gasteiger partial charge in [0.1, 0.15) is 11.6 Å². The molecule has 0 aliphatic rings. The number of hydrogen-bond donors (Lipinski definition) is 2. The zero-order chi connectivity index (χ0) is 14.9. The van der Waals surface area contributed by atoms with Gasteiger partial charge in [0.25, 0.3) is 10.0 Å². The topological polar surface area (TPSA) is 66.4 Å². The highest BCUT2D eigenvalue weighted by molar-refractivity contribution is 7.92. The molecule has 4 nitrogen and oxygen atoms in total. The van der Waals surface area contributed by atoms with Gasteiger partial charge in [0.2, 0.25) is 0 Å². The van der Waals surface area contributed by atoms with E-state index in [-0.39, 0.29) is 15.6 Å². The number of halogens is 2. The molecule has 0 bridgehead atoms. The van der Waals surface area contributed by atoms with E-state index in [1.807, 2.05) is 6.92 Å². The molecule has 0 fully saturated rings. The van der Waals surface area contributed by atoms with E-state index in [4.69, 9.17) is 11.6 Å². The molecule has 2 aromatic carbocycles. The molecule has 0 aliphatic carbocycles. The molecule has 0 atom stereocenters. The Balaban J connectivity index is 2.38. The van der Waals surface area contributed by atoms with Crippen LogP contribution in [-0.4, -0.2) is 13.5 Å². The van der Waals surface area contributed by atoms with Crippen LogP contribution in [0.15, 0.2) is 41.3 Å². The summed E-state index contributed by atoms with van der Waals surface area (Å²) in [5.74, 6) is -1.28. The van der Waals surface area contributed by atoms with E-state index in [2.05, 4.69) is 4.72 Å². The number of hydrogen-bond acceptors (Lipinski definition) is 3. The Morgan fingerprint density at radius 3 is 2.40 bits per heavy atom. The molecule has 0 radical (unpaired) electrons. The van der Waals surface area contributed by atoms with Crippen LogP contribution in [0, 0.1) is 12.7 Å². The lowest BCUT2D eigenvalue weighted by Gasteiger charge is -2.10. The molecule has 0 unspecified atom stereocenters.